The Balaban J connectivity index is 2.42. The van der Waals surface area contributed by atoms with Crippen LogP contribution in [0.25, 0.3) is 5.82 Å². The molecule has 0 N–H and O–H groups in total. The zero-order valence-electron chi connectivity index (χ0n) is 8.83. The molecule has 0 aliphatic rings. The van der Waals surface area contributed by atoms with E-state index < -0.39 is 0 Å². The first-order valence-electron chi connectivity index (χ1n) is 4.93. The third kappa shape index (κ3) is 1.93. The number of carbonyl (C=O) groups is 1. The number of esters is 1. The molecule has 82 valence electrons. The Morgan fingerprint density at radius 3 is 3.06 bits per heavy atom. The van der Waals surface area contributed by atoms with E-state index in [0.29, 0.717) is 18.0 Å². The molecule has 0 saturated heterocycles. The second-order valence-corrected chi connectivity index (χ2v) is 3.06. The van der Waals surface area contributed by atoms with Crippen molar-refractivity contribution in [3.63, 3.8) is 0 Å². The summed E-state index contributed by atoms with van der Waals surface area (Å²) in [5, 5.41) is 0. The van der Waals surface area contributed by atoms with E-state index in [1.807, 2.05) is 0 Å². The minimum atomic E-state index is -0.376. The van der Waals surface area contributed by atoms with Gasteiger partial charge in [0.15, 0.2) is 5.82 Å². The summed E-state index contributed by atoms with van der Waals surface area (Å²) in [5.74, 6) is 0.151. The van der Waals surface area contributed by atoms with Gasteiger partial charge < -0.3 is 4.74 Å². The zero-order chi connectivity index (χ0) is 11.4. The third-order valence-electron chi connectivity index (χ3n) is 2.03. The Kier molecular flexibility index (Phi) is 2.95. The van der Waals surface area contributed by atoms with Crippen LogP contribution in [0.1, 0.15) is 17.3 Å². The molecule has 2 heterocycles. The molecule has 2 aromatic heterocycles. The number of carbonyl (C=O) groups excluding carboxylic acids is 1. The van der Waals surface area contributed by atoms with Gasteiger partial charge in [0.2, 0.25) is 0 Å². The van der Waals surface area contributed by atoms with Crippen LogP contribution in [0.3, 0.4) is 0 Å². The van der Waals surface area contributed by atoms with Crippen molar-refractivity contribution in [2.24, 2.45) is 0 Å². The molecule has 0 amide bonds. The van der Waals surface area contributed by atoms with Gasteiger partial charge in [-0.3, -0.25) is 4.57 Å². The zero-order valence-corrected chi connectivity index (χ0v) is 8.83. The highest BCUT2D eigenvalue weighted by Crippen LogP contribution is 2.11. The SMILES string of the molecule is CCOC(=O)c1cccnc1-n1ccnc1. The van der Waals surface area contributed by atoms with E-state index in [2.05, 4.69) is 9.97 Å². The van der Waals surface area contributed by atoms with E-state index in [9.17, 15) is 4.79 Å². The highest BCUT2D eigenvalue weighted by atomic mass is 16.5. The fraction of sp³-hybridized carbons (Fsp3) is 0.182. The number of pyridine rings is 1. The molecule has 16 heavy (non-hydrogen) atoms. The molecule has 5 nitrogen and oxygen atoms in total. The van der Waals surface area contributed by atoms with Crippen molar-refractivity contribution < 1.29 is 9.53 Å². The second-order valence-electron chi connectivity index (χ2n) is 3.06. The maximum Gasteiger partial charge on any atom is 0.341 e. The molecule has 2 rings (SSSR count). The van der Waals surface area contributed by atoms with Gasteiger partial charge in [-0.2, -0.15) is 0 Å². The van der Waals surface area contributed by atoms with Gasteiger partial charge in [0.05, 0.1) is 6.61 Å². The number of nitrogens with zero attached hydrogens (tertiary/aromatic N) is 3. The van der Waals surface area contributed by atoms with Crippen LogP contribution in [0.2, 0.25) is 0 Å². The van der Waals surface area contributed by atoms with Crippen molar-refractivity contribution in [3.8, 4) is 5.82 Å². The van der Waals surface area contributed by atoms with E-state index >= 15 is 0 Å². The van der Waals surface area contributed by atoms with Gasteiger partial charge >= 0.3 is 5.97 Å². The van der Waals surface area contributed by atoms with E-state index in [0.717, 1.165) is 0 Å². The summed E-state index contributed by atoms with van der Waals surface area (Å²) in [5.41, 5.74) is 0.433. The lowest BCUT2D eigenvalue weighted by atomic mass is 10.2. The van der Waals surface area contributed by atoms with Crippen molar-refractivity contribution in [2.45, 2.75) is 6.92 Å². The number of imidazole rings is 1. The predicted molar refractivity (Wildman–Crippen MR) is 57.3 cm³/mol. The number of rotatable bonds is 3. The minimum absolute atomic E-state index is 0.344. The van der Waals surface area contributed by atoms with Gasteiger partial charge in [-0.15, -0.1) is 0 Å². The number of ether oxygens (including phenoxy) is 1. The third-order valence-corrected chi connectivity index (χ3v) is 2.03. The summed E-state index contributed by atoms with van der Waals surface area (Å²) in [6.45, 7) is 2.11. The molecule has 0 aliphatic heterocycles. The van der Waals surface area contributed by atoms with Gasteiger partial charge in [0.1, 0.15) is 11.9 Å². The molecular formula is C11H11N3O2. The monoisotopic (exact) mass is 217 g/mol. The Hall–Kier alpha value is -2.17. The van der Waals surface area contributed by atoms with E-state index in [4.69, 9.17) is 4.74 Å². The molecule has 0 unspecified atom stereocenters. The standard InChI is InChI=1S/C11H11N3O2/c1-2-16-11(15)9-4-3-5-13-10(9)14-7-6-12-8-14/h3-8H,2H2,1H3. The average Bonchev–Trinajstić information content (AvgIpc) is 2.83. The van der Waals surface area contributed by atoms with Gasteiger partial charge in [0, 0.05) is 18.6 Å². The van der Waals surface area contributed by atoms with E-state index in [1.165, 1.54) is 0 Å². The molecule has 0 atom stereocenters. The number of hydrogen-bond donors (Lipinski definition) is 0. The van der Waals surface area contributed by atoms with Crippen LogP contribution in [0.4, 0.5) is 0 Å². The Labute approximate surface area is 92.7 Å². The van der Waals surface area contributed by atoms with Gasteiger partial charge in [-0.25, -0.2) is 14.8 Å². The lowest BCUT2D eigenvalue weighted by molar-refractivity contribution is 0.0526. The van der Waals surface area contributed by atoms with Gasteiger partial charge in [0.25, 0.3) is 0 Å². The summed E-state index contributed by atoms with van der Waals surface area (Å²) in [6.07, 6.45) is 6.57. The van der Waals surface area contributed by atoms with Crippen molar-refractivity contribution in [3.05, 3.63) is 42.6 Å². The first-order chi connectivity index (χ1) is 7.83. The first-order valence-corrected chi connectivity index (χ1v) is 4.93. The van der Waals surface area contributed by atoms with Crippen LogP contribution in [0.5, 0.6) is 0 Å². The molecule has 0 aliphatic carbocycles. The fourth-order valence-corrected chi connectivity index (χ4v) is 1.36. The highest BCUT2D eigenvalue weighted by molar-refractivity contribution is 5.92. The summed E-state index contributed by atoms with van der Waals surface area (Å²) < 4.78 is 6.63. The van der Waals surface area contributed by atoms with Crippen LogP contribution in [0, 0.1) is 0 Å². The molecule has 0 bridgehead atoms. The number of aromatic nitrogens is 3. The van der Waals surface area contributed by atoms with Crippen LogP contribution in [-0.4, -0.2) is 27.1 Å². The molecule has 0 spiro atoms. The fourth-order valence-electron chi connectivity index (χ4n) is 1.36. The molecule has 5 heteroatoms. The first kappa shape index (κ1) is 10.4. The summed E-state index contributed by atoms with van der Waals surface area (Å²) in [4.78, 5) is 19.7. The summed E-state index contributed by atoms with van der Waals surface area (Å²) in [6, 6.07) is 3.38. The van der Waals surface area contributed by atoms with Crippen molar-refractivity contribution in [2.75, 3.05) is 6.61 Å². The van der Waals surface area contributed by atoms with Gasteiger partial charge in [-0.05, 0) is 19.1 Å². The lowest BCUT2D eigenvalue weighted by Gasteiger charge is -2.07. The Morgan fingerprint density at radius 2 is 2.38 bits per heavy atom. The normalized spacial score (nSPS) is 10.1. The molecule has 0 radical (unpaired) electrons. The maximum absolute atomic E-state index is 11.7. The largest absolute Gasteiger partial charge is 0.462 e. The van der Waals surface area contributed by atoms with Crippen LogP contribution in [0.15, 0.2) is 37.1 Å². The highest BCUT2D eigenvalue weighted by Gasteiger charge is 2.13. The Bertz CT molecular complexity index is 480. The molecule has 0 saturated carbocycles. The van der Waals surface area contributed by atoms with Gasteiger partial charge in [-0.1, -0.05) is 0 Å². The van der Waals surface area contributed by atoms with E-state index in [-0.39, 0.29) is 5.97 Å². The quantitative estimate of drug-likeness (QED) is 0.730. The molecule has 2 aromatic rings. The van der Waals surface area contributed by atoms with Crippen LogP contribution in [-0.2, 0) is 4.74 Å². The minimum Gasteiger partial charge on any atom is -0.462 e. The van der Waals surface area contributed by atoms with Crippen LogP contribution < -0.4 is 0 Å². The predicted octanol–water partition coefficient (Wildman–Crippen LogP) is 1.44. The molecule has 0 fully saturated rings. The Morgan fingerprint density at radius 1 is 1.50 bits per heavy atom. The van der Waals surface area contributed by atoms with Crippen LogP contribution >= 0.6 is 0 Å². The van der Waals surface area contributed by atoms with Crippen molar-refractivity contribution in [1.29, 1.82) is 0 Å². The van der Waals surface area contributed by atoms with Crippen molar-refractivity contribution in [1.82, 2.24) is 14.5 Å². The molecule has 0 aromatic carbocycles. The smallest absolute Gasteiger partial charge is 0.341 e. The second kappa shape index (κ2) is 4.57. The number of hydrogen-bond acceptors (Lipinski definition) is 4. The average molecular weight is 217 g/mol. The topological polar surface area (TPSA) is 57.0 Å². The van der Waals surface area contributed by atoms with Crippen molar-refractivity contribution >= 4 is 5.97 Å². The lowest BCUT2D eigenvalue weighted by Crippen LogP contribution is -2.10. The van der Waals surface area contributed by atoms with E-state index in [1.54, 1.807) is 48.5 Å². The molecular weight excluding hydrogens is 206 g/mol. The summed E-state index contributed by atoms with van der Waals surface area (Å²) in [7, 11) is 0. The maximum atomic E-state index is 11.7. The summed E-state index contributed by atoms with van der Waals surface area (Å²) >= 11 is 0.